The zero-order chi connectivity index (χ0) is 16.6. The van der Waals surface area contributed by atoms with E-state index in [1.165, 1.54) is 0 Å². The van der Waals surface area contributed by atoms with Crippen molar-refractivity contribution in [2.75, 3.05) is 23.7 Å². The SMILES string of the molecule is Cl.O=C(Nc1ccc(NC(=O)C2CC23CCNCC3)cc1)NC1CC1. The molecule has 3 fully saturated rings. The standard InChI is InChI=1S/C18H24N4O2.ClH/c23-16(15-11-18(15)7-9-19-10-8-18)20-12-1-3-13(4-2-12)21-17(24)22-14-5-6-14;/h1-4,14-15,19H,5-11H2,(H,20,23)(H2,21,22,24);1H. The third-order valence-electron chi connectivity index (χ3n) is 5.43. The van der Waals surface area contributed by atoms with Crippen molar-refractivity contribution < 1.29 is 9.59 Å². The number of amides is 3. The Morgan fingerprint density at radius 1 is 1.00 bits per heavy atom. The molecule has 1 aromatic carbocycles. The molecule has 136 valence electrons. The van der Waals surface area contributed by atoms with Crippen LogP contribution in [-0.2, 0) is 4.79 Å². The van der Waals surface area contributed by atoms with E-state index in [2.05, 4.69) is 21.3 Å². The summed E-state index contributed by atoms with van der Waals surface area (Å²) in [6, 6.07) is 7.47. The van der Waals surface area contributed by atoms with Gasteiger partial charge in [-0.15, -0.1) is 12.4 Å². The molecule has 0 radical (unpaired) electrons. The van der Waals surface area contributed by atoms with Gasteiger partial charge in [0.25, 0.3) is 0 Å². The van der Waals surface area contributed by atoms with Gasteiger partial charge in [-0.1, -0.05) is 0 Å². The van der Waals surface area contributed by atoms with Gasteiger partial charge >= 0.3 is 6.03 Å². The van der Waals surface area contributed by atoms with Crippen LogP contribution in [0.5, 0.6) is 0 Å². The first-order valence-electron chi connectivity index (χ1n) is 8.84. The molecular formula is C18H25ClN4O2. The fourth-order valence-electron chi connectivity index (χ4n) is 3.64. The Kier molecular flexibility index (Phi) is 5.20. The van der Waals surface area contributed by atoms with E-state index in [1.807, 2.05) is 24.3 Å². The molecule has 7 heteroatoms. The Bertz CT molecular complexity index is 639. The molecule has 1 unspecified atom stereocenters. The quantitative estimate of drug-likeness (QED) is 0.663. The third-order valence-corrected chi connectivity index (χ3v) is 5.43. The number of hydrogen-bond acceptors (Lipinski definition) is 3. The van der Waals surface area contributed by atoms with E-state index >= 15 is 0 Å². The van der Waals surface area contributed by atoms with E-state index in [9.17, 15) is 9.59 Å². The van der Waals surface area contributed by atoms with Crippen LogP contribution in [0.15, 0.2) is 24.3 Å². The van der Waals surface area contributed by atoms with Gasteiger partial charge in [0.05, 0.1) is 0 Å². The number of carbonyl (C=O) groups is 2. The molecule has 3 aliphatic rings. The van der Waals surface area contributed by atoms with Gasteiger partial charge in [-0.25, -0.2) is 4.79 Å². The van der Waals surface area contributed by atoms with Gasteiger partial charge in [0.2, 0.25) is 5.91 Å². The van der Waals surface area contributed by atoms with Gasteiger partial charge in [-0.05, 0) is 74.9 Å². The molecule has 1 aromatic rings. The summed E-state index contributed by atoms with van der Waals surface area (Å²) in [5.41, 5.74) is 1.76. The summed E-state index contributed by atoms with van der Waals surface area (Å²) < 4.78 is 0. The minimum atomic E-state index is -0.167. The number of hydrogen-bond donors (Lipinski definition) is 4. The molecule has 1 atom stereocenters. The predicted octanol–water partition coefficient (Wildman–Crippen LogP) is 2.72. The van der Waals surface area contributed by atoms with Crippen LogP contribution >= 0.6 is 12.4 Å². The average Bonchev–Trinajstić information content (AvgIpc) is 3.49. The number of halogens is 1. The lowest BCUT2D eigenvalue weighted by Crippen LogP contribution is -2.31. The van der Waals surface area contributed by atoms with E-state index in [-0.39, 0.29) is 35.7 Å². The van der Waals surface area contributed by atoms with Crippen LogP contribution in [0, 0.1) is 11.3 Å². The van der Waals surface area contributed by atoms with Gasteiger partial charge in [0, 0.05) is 23.3 Å². The number of nitrogens with one attached hydrogen (secondary N) is 4. The van der Waals surface area contributed by atoms with Crippen molar-refractivity contribution >= 4 is 35.7 Å². The summed E-state index contributed by atoms with van der Waals surface area (Å²) in [4.78, 5) is 24.1. The van der Waals surface area contributed by atoms with E-state index in [1.54, 1.807) is 0 Å². The second-order valence-corrected chi connectivity index (χ2v) is 7.31. The summed E-state index contributed by atoms with van der Waals surface area (Å²) in [5, 5.41) is 12.1. The highest BCUT2D eigenvalue weighted by Gasteiger charge is 2.57. The van der Waals surface area contributed by atoms with Crippen LogP contribution in [0.1, 0.15) is 32.1 Å². The monoisotopic (exact) mass is 364 g/mol. The van der Waals surface area contributed by atoms with Crippen LogP contribution in [0.3, 0.4) is 0 Å². The average molecular weight is 365 g/mol. The number of carbonyl (C=O) groups excluding carboxylic acids is 2. The first-order valence-corrected chi connectivity index (χ1v) is 8.84. The molecule has 1 heterocycles. The van der Waals surface area contributed by atoms with E-state index < -0.39 is 0 Å². The molecule has 2 aliphatic carbocycles. The van der Waals surface area contributed by atoms with Crippen LogP contribution < -0.4 is 21.3 Å². The highest BCUT2D eigenvalue weighted by molar-refractivity contribution is 5.95. The predicted molar refractivity (Wildman–Crippen MR) is 100 cm³/mol. The van der Waals surface area contributed by atoms with Gasteiger partial charge in [0.1, 0.15) is 0 Å². The van der Waals surface area contributed by atoms with Gasteiger partial charge in [0.15, 0.2) is 0 Å². The van der Waals surface area contributed by atoms with Crippen LogP contribution in [0.25, 0.3) is 0 Å². The molecule has 4 rings (SSSR count). The van der Waals surface area contributed by atoms with E-state index in [4.69, 9.17) is 0 Å². The van der Waals surface area contributed by atoms with Gasteiger partial charge in [-0.3, -0.25) is 4.79 Å². The molecule has 2 saturated carbocycles. The molecule has 0 aromatic heterocycles. The number of rotatable bonds is 4. The van der Waals surface area contributed by atoms with Gasteiger partial charge in [-0.2, -0.15) is 0 Å². The second kappa shape index (κ2) is 7.22. The maximum Gasteiger partial charge on any atom is 0.319 e. The van der Waals surface area contributed by atoms with Crippen molar-refractivity contribution in [2.45, 2.75) is 38.1 Å². The minimum absolute atomic E-state index is 0. The first-order chi connectivity index (χ1) is 11.6. The van der Waals surface area contributed by atoms with Crippen molar-refractivity contribution in [1.82, 2.24) is 10.6 Å². The fourth-order valence-corrected chi connectivity index (χ4v) is 3.64. The summed E-state index contributed by atoms with van der Waals surface area (Å²) in [6.45, 7) is 2.04. The Hall–Kier alpha value is -1.79. The topological polar surface area (TPSA) is 82.3 Å². The zero-order valence-corrected chi connectivity index (χ0v) is 15.0. The molecule has 6 nitrogen and oxygen atoms in total. The smallest absolute Gasteiger partial charge is 0.319 e. The molecule has 0 bridgehead atoms. The molecule has 25 heavy (non-hydrogen) atoms. The summed E-state index contributed by atoms with van der Waals surface area (Å²) >= 11 is 0. The van der Waals surface area contributed by atoms with Crippen molar-refractivity contribution in [3.63, 3.8) is 0 Å². The van der Waals surface area contributed by atoms with Crippen molar-refractivity contribution in [3.8, 4) is 0 Å². The van der Waals surface area contributed by atoms with Crippen molar-refractivity contribution in [1.29, 1.82) is 0 Å². The molecule has 1 saturated heterocycles. The van der Waals surface area contributed by atoms with Crippen molar-refractivity contribution in [2.24, 2.45) is 11.3 Å². The lowest BCUT2D eigenvalue weighted by atomic mass is 9.92. The molecule has 3 amide bonds. The number of urea groups is 1. The van der Waals surface area contributed by atoms with E-state index in [0.717, 1.165) is 56.6 Å². The first kappa shape index (κ1) is 18.0. The Morgan fingerprint density at radius 3 is 2.20 bits per heavy atom. The Morgan fingerprint density at radius 2 is 1.60 bits per heavy atom. The molecular weight excluding hydrogens is 340 g/mol. The zero-order valence-electron chi connectivity index (χ0n) is 14.1. The highest BCUT2D eigenvalue weighted by Crippen LogP contribution is 2.58. The fraction of sp³-hybridized carbons (Fsp3) is 0.556. The maximum absolute atomic E-state index is 12.4. The lowest BCUT2D eigenvalue weighted by Gasteiger charge is -2.23. The normalized spacial score (nSPS) is 23.3. The van der Waals surface area contributed by atoms with Crippen LogP contribution in [0.4, 0.5) is 16.2 Å². The van der Waals surface area contributed by atoms with Crippen LogP contribution in [0.2, 0.25) is 0 Å². The molecule has 1 aliphatic heterocycles. The second-order valence-electron chi connectivity index (χ2n) is 7.31. The maximum atomic E-state index is 12.4. The third kappa shape index (κ3) is 4.25. The lowest BCUT2D eigenvalue weighted by molar-refractivity contribution is -0.118. The molecule has 4 N–H and O–H groups in total. The largest absolute Gasteiger partial charge is 0.335 e. The Balaban J connectivity index is 0.00000182. The number of piperidine rings is 1. The summed E-state index contributed by atoms with van der Waals surface area (Å²) in [7, 11) is 0. The van der Waals surface area contributed by atoms with E-state index in [0.29, 0.717) is 6.04 Å². The Labute approximate surface area is 153 Å². The number of benzene rings is 1. The summed E-state index contributed by atoms with van der Waals surface area (Å²) in [6.07, 6.45) is 5.35. The summed E-state index contributed by atoms with van der Waals surface area (Å²) in [5.74, 6) is 0.283. The van der Waals surface area contributed by atoms with Crippen molar-refractivity contribution in [3.05, 3.63) is 24.3 Å². The molecule has 1 spiro atoms. The minimum Gasteiger partial charge on any atom is -0.335 e. The van der Waals surface area contributed by atoms with Gasteiger partial charge < -0.3 is 21.3 Å². The number of anilines is 2. The van der Waals surface area contributed by atoms with Crippen LogP contribution in [-0.4, -0.2) is 31.1 Å². The highest BCUT2D eigenvalue weighted by atomic mass is 35.5.